The number of aliphatic hydroxyl groups is 1. The number of carbonyl (C=O) groups excluding carboxylic acids is 2. The molecule has 6 heteroatoms. The predicted octanol–water partition coefficient (Wildman–Crippen LogP) is 1.93. The smallest absolute Gasteiger partial charge is 0.290 e. The molecule has 1 N–H and O–H groups in total. The molecule has 1 aromatic carbocycles. The van der Waals surface area contributed by atoms with Crippen LogP contribution in [0.5, 0.6) is 5.75 Å². The predicted molar refractivity (Wildman–Crippen MR) is 91.0 cm³/mol. The van der Waals surface area contributed by atoms with Crippen molar-refractivity contribution < 1.29 is 19.4 Å². The van der Waals surface area contributed by atoms with Gasteiger partial charge in [-0.2, -0.15) is 0 Å². The van der Waals surface area contributed by atoms with Gasteiger partial charge in [0.2, 0.25) is 0 Å². The molecule has 1 aliphatic rings. The molecular formula is C18H24N2O4. The van der Waals surface area contributed by atoms with E-state index in [-0.39, 0.29) is 11.4 Å². The van der Waals surface area contributed by atoms with Crippen LogP contribution in [0.3, 0.4) is 0 Å². The van der Waals surface area contributed by atoms with Crippen molar-refractivity contribution in [3.8, 4) is 5.75 Å². The zero-order valence-electron chi connectivity index (χ0n) is 14.6. The summed E-state index contributed by atoms with van der Waals surface area (Å²) in [6.07, 6.45) is 0.748. The number of hydrogen-bond donors (Lipinski definition) is 1. The summed E-state index contributed by atoms with van der Waals surface area (Å²) in [5.74, 6) is -0.599. The van der Waals surface area contributed by atoms with Gasteiger partial charge in [-0.25, -0.2) is 0 Å². The van der Waals surface area contributed by atoms with Crippen LogP contribution >= 0.6 is 0 Å². The van der Waals surface area contributed by atoms with E-state index in [0.29, 0.717) is 12.3 Å². The number of methoxy groups -OCH3 is 1. The second kappa shape index (κ2) is 7.49. The Morgan fingerprint density at radius 1 is 1.38 bits per heavy atom. The van der Waals surface area contributed by atoms with E-state index in [1.165, 1.54) is 6.92 Å². The van der Waals surface area contributed by atoms with Gasteiger partial charge in [0.15, 0.2) is 11.5 Å². The molecule has 0 spiro atoms. The van der Waals surface area contributed by atoms with Crippen LogP contribution in [-0.2, 0) is 9.59 Å². The maximum Gasteiger partial charge on any atom is 0.290 e. The van der Waals surface area contributed by atoms with E-state index in [4.69, 9.17) is 4.74 Å². The molecule has 0 aliphatic carbocycles. The first-order valence-corrected chi connectivity index (χ1v) is 7.90. The number of carbonyl (C=O) groups is 2. The zero-order chi connectivity index (χ0) is 17.9. The van der Waals surface area contributed by atoms with Gasteiger partial charge in [0.1, 0.15) is 5.75 Å². The second-order valence-electron chi connectivity index (χ2n) is 6.15. The number of aliphatic hydroxyl groups excluding tert-OH is 1. The van der Waals surface area contributed by atoms with Gasteiger partial charge in [0, 0.05) is 6.54 Å². The highest BCUT2D eigenvalue weighted by atomic mass is 16.5. The Balaban J connectivity index is 2.38. The minimum atomic E-state index is -0.577. The SMILES string of the molecule is COc1cccc(C2C(C(C)=O)=C(O)C(=O)N2CCCN(C)C)c1. The molecule has 0 bridgehead atoms. The van der Waals surface area contributed by atoms with E-state index in [2.05, 4.69) is 0 Å². The van der Waals surface area contributed by atoms with E-state index in [9.17, 15) is 14.7 Å². The molecule has 1 heterocycles. The van der Waals surface area contributed by atoms with Gasteiger partial charge < -0.3 is 19.6 Å². The number of rotatable bonds is 7. The summed E-state index contributed by atoms with van der Waals surface area (Å²) in [6.45, 7) is 2.64. The van der Waals surface area contributed by atoms with Crippen LogP contribution < -0.4 is 4.74 Å². The Hall–Kier alpha value is -2.34. The lowest BCUT2D eigenvalue weighted by molar-refractivity contribution is -0.129. The molecule has 1 atom stereocenters. The standard InChI is InChI=1S/C18H24N2O4/c1-12(21)15-16(13-7-5-8-14(11-13)24-4)20(18(23)17(15)22)10-6-9-19(2)3/h5,7-8,11,16,22H,6,9-10H2,1-4H3. The minimum Gasteiger partial charge on any atom is -0.503 e. The van der Waals surface area contributed by atoms with Crippen molar-refractivity contribution in [1.82, 2.24) is 9.80 Å². The lowest BCUT2D eigenvalue weighted by atomic mass is 9.96. The minimum absolute atomic E-state index is 0.151. The van der Waals surface area contributed by atoms with Gasteiger partial charge in [-0.05, 0) is 51.7 Å². The molecule has 6 nitrogen and oxygen atoms in total. The number of ether oxygens (including phenoxy) is 1. The van der Waals surface area contributed by atoms with Gasteiger partial charge in [-0.15, -0.1) is 0 Å². The summed E-state index contributed by atoms with van der Waals surface area (Å²) in [7, 11) is 5.48. The maximum absolute atomic E-state index is 12.5. The number of Topliss-reactive ketones (excluding diaryl/α,β-unsaturated/α-hetero) is 1. The first-order chi connectivity index (χ1) is 11.4. The molecule has 130 valence electrons. The number of benzene rings is 1. The lowest BCUT2D eigenvalue weighted by Gasteiger charge is -2.27. The van der Waals surface area contributed by atoms with Crippen molar-refractivity contribution in [2.75, 3.05) is 34.3 Å². The van der Waals surface area contributed by atoms with Crippen molar-refractivity contribution in [1.29, 1.82) is 0 Å². The molecule has 24 heavy (non-hydrogen) atoms. The second-order valence-corrected chi connectivity index (χ2v) is 6.15. The molecule has 0 fully saturated rings. The monoisotopic (exact) mass is 332 g/mol. The highest BCUT2D eigenvalue weighted by Gasteiger charge is 2.42. The van der Waals surface area contributed by atoms with Crippen LogP contribution in [-0.4, -0.2) is 60.9 Å². The van der Waals surface area contributed by atoms with E-state index in [1.54, 1.807) is 24.1 Å². The molecule has 0 saturated carbocycles. The fourth-order valence-corrected chi connectivity index (χ4v) is 2.96. The molecule has 1 aromatic rings. The molecule has 1 amide bonds. The molecule has 1 aliphatic heterocycles. The van der Waals surface area contributed by atoms with Crippen molar-refractivity contribution in [3.05, 3.63) is 41.2 Å². The Morgan fingerprint density at radius 3 is 2.67 bits per heavy atom. The molecule has 1 unspecified atom stereocenters. The number of nitrogens with zero attached hydrogens (tertiary/aromatic N) is 2. The van der Waals surface area contributed by atoms with Crippen molar-refractivity contribution in [2.24, 2.45) is 0 Å². The van der Waals surface area contributed by atoms with Crippen LogP contribution in [0.15, 0.2) is 35.6 Å². The summed E-state index contributed by atoms with van der Waals surface area (Å²) in [4.78, 5) is 28.1. The topological polar surface area (TPSA) is 70.1 Å². The molecule has 0 radical (unpaired) electrons. The van der Waals surface area contributed by atoms with Crippen LogP contribution in [0.25, 0.3) is 0 Å². The van der Waals surface area contributed by atoms with Gasteiger partial charge in [0.05, 0.1) is 18.7 Å². The highest BCUT2D eigenvalue weighted by Crippen LogP contribution is 2.38. The van der Waals surface area contributed by atoms with Gasteiger partial charge >= 0.3 is 0 Å². The molecule has 0 aromatic heterocycles. The highest BCUT2D eigenvalue weighted by molar-refractivity contribution is 6.08. The molecule has 2 rings (SSSR count). The summed E-state index contributed by atoms with van der Waals surface area (Å²) < 4.78 is 5.24. The third-order valence-corrected chi connectivity index (χ3v) is 4.10. The largest absolute Gasteiger partial charge is 0.503 e. The fourth-order valence-electron chi connectivity index (χ4n) is 2.96. The Labute approximate surface area is 142 Å². The average Bonchev–Trinajstić information content (AvgIpc) is 2.79. The zero-order valence-corrected chi connectivity index (χ0v) is 14.6. The number of hydrogen-bond acceptors (Lipinski definition) is 5. The van der Waals surface area contributed by atoms with Crippen molar-refractivity contribution >= 4 is 11.7 Å². The van der Waals surface area contributed by atoms with Gasteiger partial charge in [0.25, 0.3) is 5.91 Å². The van der Waals surface area contributed by atoms with Crippen molar-refractivity contribution in [2.45, 2.75) is 19.4 Å². The molecular weight excluding hydrogens is 308 g/mol. The first kappa shape index (κ1) is 18.0. The lowest BCUT2D eigenvalue weighted by Crippen LogP contribution is -2.33. The van der Waals surface area contributed by atoms with E-state index in [0.717, 1.165) is 18.5 Å². The summed E-state index contributed by atoms with van der Waals surface area (Å²) in [5, 5.41) is 10.2. The van der Waals surface area contributed by atoms with E-state index in [1.807, 2.05) is 31.1 Å². The fraction of sp³-hybridized carbons (Fsp3) is 0.444. The first-order valence-electron chi connectivity index (χ1n) is 7.90. The third kappa shape index (κ3) is 3.59. The number of ketones is 1. The van der Waals surface area contributed by atoms with E-state index < -0.39 is 17.7 Å². The third-order valence-electron chi connectivity index (χ3n) is 4.10. The van der Waals surface area contributed by atoms with Crippen molar-refractivity contribution in [3.63, 3.8) is 0 Å². The van der Waals surface area contributed by atoms with Gasteiger partial charge in [-0.1, -0.05) is 12.1 Å². The quantitative estimate of drug-likeness (QED) is 0.826. The Bertz CT molecular complexity index is 667. The van der Waals surface area contributed by atoms with Crippen LogP contribution in [0, 0.1) is 0 Å². The van der Waals surface area contributed by atoms with Crippen LogP contribution in [0.2, 0.25) is 0 Å². The van der Waals surface area contributed by atoms with E-state index >= 15 is 0 Å². The number of amides is 1. The summed E-state index contributed by atoms with van der Waals surface area (Å²) in [5.41, 5.74) is 0.903. The van der Waals surface area contributed by atoms with Crippen LogP contribution in [0.4, 0.5) is 0 Å². The van der Waals surface area contributed by atoms with Crippen LogP contribution in [0.1, 0.15) is 24.9 Å². The maximum atomic E-state index is 12.5. The summed E-state index contributed by atoms with van der Waals surface area (Å²) >= 11 is 0. The average molecular weight is 332 g/mol. The normalized spacial score (nSPS) is 17.8. The van der Waals surface area contributed by atoms with Gasteiger partial charge in [-0.3, -0.25) is 9.59 Å². The Morgan fingerprint density at radius 2 is 2.08 bits per heavy atom. The molecule has 0 saturated heterocycles. The summed E-state index contributed by atoms with van der Waals surface area (Å²) in [6, 6.07) is 6.66. The Kier molecular flexibility index (Phi) is 5.62.